The molecule has 56 valence electrons. The summed E-state index contributed by atoms with van der Waals surface area (Å²) < 4.78 is 0. The zero-order chi connectivity index (χ0) is 8.27. The predicted octanol–water partition coefficient (Wildman–Crippen LogP) is 2.18. The standard InChI is InChI=1S/C8H7ClN2/c9-8-2-1-6(4-10)7(3-8)5-11/h2,6-7H,1,3H2. The van der Waals surface area contributed by atoms with Crippen molar-refractivity contribution < 1.29 is 0 Å². The van der Waals surface area contributed by atoms with Gasteiger partial charge in [-0.05, 0) is 12.8 Å². The summed E-state index contributed by atoms with van der Waals surface area (Å²) >= 11 is 5.71. The Morgan fingerprint density at radius 2 is 2.00 bits per heavy atom. The van der Waals surface area contributed by atoms with Crippen molar-refractivity contribution in [2.24, 2.45) is 11.8 Å². The van der Waals surface area contributed by atoms with Gasteiger partial charge in [0.1, 0.15) is 0 Å². The van der Waals surface area contributed by atoms with E-state index in [9.17, 15) is 0 Å². The van der Waals surface area contributed by atoms with Gasteiger partial charge in [0.05, 0.1) is 24.0 Å². The zero-order valence-corrected chi connectivity index (χ0v) is 6.67. The highest BCUT2D eigenvalue weighted by Crippen LogP contribution is 2.30. The van der Waals surface area contributed by atoms with E-state index < -0.39 is 0 Å². The lowest BCUT2D eigenvalue weighted by molar-refractivity contribution is 0.481. The molecule has 0 saturated carbocycles. The van der Waals surface area contributed by atoms with Gasteiger partial charge < -0.3 is 0 Å². The molecule has 2 unspecified atom stereocenters. The summed E-state index contributed by atoms with van der Waals surface area (Å²) in [4.78, 5) is 0. The topological polar surface area (TPSA) is 47.6 Å². The van der Waals surface area contributed by atoms with Gasteiger partial charge in [-0.1, -0.05) is 17.7 Å². The molecule has 1 rings (SSSR count). The minimum absolute atomic E-state index is 0.164. The van der Waals surface area contributed by atoms with E-state index >= 15 is 0 Å². The van der Waals surface area contributed by atoms with Crippen molar-refractivity contribution in [2.45, 2.75) is 12.8 Å². The molecule has 1 aliphatic rings. The third kappa shape index (κ3) is 1.73. The van der Waals surface area contributed by atoms with E-state index in [1.165, 1.54) is 0 Å². The Kier molecular flexibility index (Phi) is 2.52. The highest BCUT2D eigenvalue weighted by Gasteiger charge is 2.24. The summed E-state index contributed by atoms with van der Waals surface area (Å²) in [6.07, 6.45) is 2.98. The number of nitrogens with zero attached hydrogens (tertiary/aromatic N) is 2. The van der Waals surface area contributed by atoms with E-state index in [1.54, 1.807) is 0 Å². The fraction of sp³-hybridized carbons (Fsp3) is 0.500. The molecule has 0 spiro atoms. The normalized spacial score (nSPS) is 29.9. The molecule has 0 aromatic carbocycles. The van der Waals surface area contributed by atoms with E-state index in [2.05, 4.69) is 12.1 Å². The van der Waals surface area contributed by atoms with E-state index in [4.69, 9.17) is 22.1 Å². The van der Waals surface area contributed by atoms with Crippen LogP contribution in [0.3, 0.4) is 0 Å². The molecular formula is C8H7ClN2. The number of hydrogen-bond acceptors (Lipinski definition) is 2. The molecule has 0 radical (unpaired) electrons. The van der Waals surface area contributed by atoms with Crippen LogP contribution >= 0.6 is 11.6 Å². The molecular weight excluding hydrogens is 160 g/mol. The molecule has 11 heavy (non-hydrogen) atoms. The average Bonchev–Trinajstić information content (AvgIpc) is 2.04. The minimum Gasteiger partial charge on any atom is -0.198 e. The van der Waals surface area contributed by atoms with Crippen molar-refractivity contribution >= 4 is 11.6 Å². The van der Waals surface area contributed by atoms with Crippen molar-refractivity contribution in [3.8, 4) is 12.1 Å². The molecule has 2 nitrogen and oxygen atoms in total. The molecule has 0 aromatic heterocycles. The highest BCUT2D eigenvalue weighted by atomic mass is 35.5. The summed E-state index contributed by atoms with van der Waals surface area (Å²) in [6, 6.07) is 4.19. The second kappa shape index (κ2) is 3.42. The van der Waals surface area contributed by atoms with Crippen LogP contribution in [0, 0.1) is 34.5 Å². The molecule has 0 saturated heterocycles. The Balaban J connectivity index is 2.74. The number of halogens is 1. The summed E-state index contributed by atoms with van der Waals surface area (Å²) in [5.74, 6) is -0.375. The first-order chi connectivity index (χ1) is 5.27. The lowest BCUT2D eigenvalue weighted by atomic mass is 9.85. The number of nitriles is 2. The van der Waals surface area contributed by atoms with Gasteiger partial charge >= 0.3 is 0 Å². The van der Waals surface area contributed by atoms with Gasteiger partial charge in [0.15, 0.2) is 0 Å². The van der Waals surface area contributed by atoms with Gasteiger partial charge in [-0.25, -0.2) is 0 Å². The van der Waals surface area contributed by atoms with Crippen LogP contribution in [0.25, 0.3) is 0 Å². The molecule has 0 bridgehead atoms. The second-order valence-electron chi connectivity index (χ2n) is 2.56. The summed E-state index contributed by atoms with van der Waals surface area (Å²) in [5.41, 5.74) is 0. The highest BCUT2D eigenvalue weighted by molar-refractivity contribution is 6.29. The van der Waals surface area contributed by atoms with Gasteiger partial charge in [0.25, 0.3) is 0 Å². The van der Waals surface area contributed by atoms with Gasteiger partial charge in [-0.15, -0.1) is 0 Å². The van der Waals surface area contributed by atoms with Gasteiger partial charge in [0.2, 0.25) is 0 Å². The first-order valence-corrected chi connectivity index (χ1v) is 3.79. The Hall–Kier alpha value is -0.990. The lowest BCUT2D eigenvalue weighted by Crippen LogP contribution is -2.14. The number of rotatable bonds is 0. The average molecular weight is 167 g/mol. The van der Waals surface area contributed by atoms with E-state index in [0.717, 1.165) is 0 Å². The van der Waals surface area contributed by atoms with Crippen LogP contribution in [0.2, 0.25) is 0 Å². The van der Waals surface area contributed by atoms with Crippen LogP contribution in [0.4, 0.5) is 0 Å². The Bertz CT molecular complexity index is 256. The number of allylic oxidation sites excluding steroid dienone is 2. The minimum atomic E-state index is -0.211. The smallest absolute Gasteiger partial charge is 0.0673 e. The maximum atomic E-state index is 8.62. The van der Waals surface area contributed by atoms with Gasteiger partial charge in [0, 0.05) is 5.03 Å². The predicted molar refractivity (Wildman–Crippen MR) is 41.4 cm³/mol. The second-order valence-corrected chi connectivity index (χ2v) is 3.05. The van der Waals surface area contributed by atoms with Crippen molar-refractivity contribution in [1.82, 2.24) is 0 Å². The zero-order valence-electron chi connectivity index (χ0n) is 5.92. The molecule has 1 aliphatic carbocycles. The Morgan fingerprint density at radius 1 is 1.36 bits per heavy atom. The van der Waals surface area contributed by atoms with Crippen LogP contribution in [0.1, 0.15) is 12.8 Å². The molecule has 3 heteroatoms. The first kappa shape index (κ1) is 8.11. The van der Waals surface area contributed by atoms with E-state index in [0.29, 0.717) is 17.9 Å². The van der Waals surface area contributed by atoms with E-state index in [1.807, 2.05) is 6.08 Å². The Labute approximate surface area is 70.7 Å². The van der Waals surface area contributed by atoms with Crippen molar-refractivity contribution in [3.05, 3.63) is 11.1 Å². The molecule has 0 N–H and O–H groups in total. The molecule has 0 fully saturated rings. The SMILES string of the molecule is N#CC1CC=C(Cl)CC1C#N. The third-order valence-electron chi connectivity index (χ3n) is 1.83. The molecule has 2 atom stereocenters. The van der Waals surface area contributed by atoms with Crippen LogP contribution in [0.5, 0.6) is 0 Å². The summed E-state index contributed by atoms with van der Waals surface area (Å²) in [6.45, 7) is 0. The molecule has 0 heterocycles. The lowest BCUT2D eigenvalue weighted by Gasteiger charge is -2.17. The fourth-order valence-corrected chi connectivity index (χ4v) is 1.39. The van der Waals surface area contributed by atoms with Gasteiger partial charge in [-0.3, -0.25) is 0 Å². The monoisotopic (exact) mass is 166 g/mol. The Morgan fingerprint density at radius 3 is 2.55 bits per heavy atom. The first-order valence-electron chi connectivity index (χ1n) is 3.41. The van der Waals surface area contributed by atoms with Crippen LogP contribution in [-0.4, -0.2) is 0 Å². The van der Waals surface area contributed by atoms with E-state index in [-0.39, 0.29) is 11.8 Å². The van der Waals surface area contributed by atoms with Crippen LogP contribution in [0.15, 0.2) is 11.1 Å². The number of hydrogen-bond donors (Lipinski definition) is 0. The molecule has 0 amide bonds. The van der Waals surface area contributed by atoms with Crippen LogP contribution in [-0.2, 0) is 0 Å². The third-order valence-corrected chi connectivity index (χ3v) is 2.13. The molecule has 0 aliphatic heterocycles. The van der Waals surface area contributed by atoms with Crippen LogP contribution < -0.4 is 0 Å². The van der Waals surface area contributed by atoms with Gasteiger partial charge in [-0.2, -0.15) is 10.5 Å². The van der Waals surface area contributed by atoms with Crippen molar-refractivity contribution in [1.29, 1.82) is 10.5 Å². The van der Waals surface area contributed by atoms with Crippen molar-refractivity contribution in [3.63, 3.8) is 0 Å². The largest absolute Gasteiger partial charge is 0.198 e. The maximum Gasteiger partial charge on any atom is 0.0673 e. The maximum absolute atomic E-state index is 8.62. The summed E-state index contributed by atoms with van der Waals surface area (Å²) in [7, 11) is 0. The molecule has 0 aromatic rings. The quantitative estimate of drug-likeness (QED) is 0.554. The summed E-state index contributed by atoms with van der Waals surface area (Å²) in [5, 5.41) is 17.9. The fourth-order valence-electron chi connectivity index (χ4n) is 1.13. The van der Waals surface area contributed by atoms with Crippen molar-refractivity contribution in [2.75, 3.05) is 0 Å².